The second kappa shape index (κ2) is 6.18. The summed E-state index contributed by atoms with van der Waals surface area (Å²) in [4.78, 5) is 0.333. The normalized spacial score (nSPS) is 12.7. The molecule has 5 heteroatoms. The van der Waals surface area contributed by atoms with Gasteiger partial charge in [0.25, 0.3) is 0 Å². The first kappa shape index (κ1) is 15.4. The van der Waals surface area contributed by atoms with E-state index < -0.39 is 9.84 Å². The van der Waals surface area contributed by atoms with Crippen LogP contribution < -0.4 is 10.1 Å². The molecule has 0 amide bonds. The number of rotatable bonds is 5. The maximum absolute atomic E-state index is 11.4. The summed E-state index contributed by atoms with van der Waals surface area (Å²) in [6.45, 7) is 2.02. The molecule has 112 valence electrons. The van der Waals surface area contributed by atoms with Gasteiger partial charge in [0.1, 0.15) is 5.75 Å². The molecule has 0 saturated carbocycles. The predicted octanol–water partition coefficient (Wildman–Crippen LogP) is 3.27. The van der Waals surface area contributed by atoms with Crippen molar-refractivity contribution in [3.8, 4) is 5.75 Å². The van der Waals surface area contributed by atoms with Crippen LogP contribution in [-0.2, 0) is 9.84 Å². The maximum atomic E-state index is 11.4. The Morgan fingerprint density at radius 1 is 1.10 bits per heavy atom. The number of sulfone groups is 1. The van der Waals surface area contributed by atoms with Gasteiger partial charge in [-0.15, -0.1) is 0 Å². The molecule has 0 heterocycles. The molecular weight excluding hydrogens is 286 g/mol. The Bertz CT molecular complexity index is 709. The summed E-state index contributed by atoms with van der Waals surface area (Å²) in [7, 11) is -1.52. The van der Waals surface area contributed by atoms with Gasteiger partial charge in [-0.1, -0.05) is 18.2 Å². The van der Waals surface area contributed by atoms with Gasteiger partial charge in [-0.25, -0.2) is 8.42 Å². The molecular formula is C16H19NO3S. The zero-order valence-electron chi connectivity index (χ0n) is 12.3. The fourth-order valence-corrected chi connectivity index (χ4v) is 2.68. The third-order valence-electron chi connectivity index (χ3n) is 3.26. The van der Waals surface area contributed by atoms with Gasteiger partial charge in [0.2, 0.25) is 0 Å². The van der Waals surface area contributed by atoms with Gasteiger partial charge in [-0.3, -0.25) is 0 Å². The first-order valence-electron chi connectivity index (χ1n) is 6.61. The summed E-state index contributed by atoms with van der Waals surface area (Å²) < 4.78 is 28.1. The van der Waals surface area contributed by atoms with Crippen LogP contribution in [0.25, 0.3) is 0 Å². The molecule has 0 spiro atoms. The molecule has 1 unspecified atom stereocenters. The number of methoxy groups -OCH3 is 1. The quantitative estimate of drug-likeness (QED) is 0.921. The zero-order valence-corrected chi connectivity index (χ0v) is 13.1. The number of hydrogen-bond donors (Lipinski definition) is 1. The van der Waals surface area contributed by atoms with Crippen molar-refractivity contribution >= 4 is 15.5 Å². The minimum atomic E-state index is -3.15. The predicted molar refractivity (Wildman–Crippen MR) is 84.6 cm³/mol. The summed E-state index contributed by atoms with van der Waals surface area (Å²) in [5.74, 6) is 0.791. The Kier molecular flexibility index (Phi) is 4.53. The Hall–Kier alpha value is -2.01. The highest BCUT2D eigenvalue weighted by Crippen LogP contribution is 2.23. The van der Waals surface area contributed by atoms with E-state index in [0.717, 1.165) is 17.0 Å². The van der Waals surface area contributed by atoms with E-state index in [1.54, 1.807) is 19.2 Å². The molecule has 0 saturated heterocycles. The van der Waals surface area contributed by atoms with Crippen LogP contribution in [0, 0.1) is 0 Å². The third kappa shape index (κ3) is 3.98. The van der Waals surface area contributed by atoms with E-state index >= 15 is 0 Å². The summed E-state index contributed by atoms with van der Waals surface area (Å²) in [5.41, 5.74) is 1.97. The fourth-order valence-electron chi connectivity index (χ4n) is 2.05. The van der Waals surface area contributed by atoms with E-state index in [1.807, 2.05) is 43.3 Å². The number of ether oxygens (including phenoxy) is 1. The summed E-state index contributed by atoms with van der Waals surface area (Å²) in [6, 6.07) is 14.7. The molecule has 0 bridgehead atoms. The van der Waals surface area contributed by atoms with Crippen molar-refractivity contribution < 1.29 is 13.2 Å². The molecule has 0 aliphatic heterocycles. The third-order valence-corrected chi connectivity index (χ3v) is 4.39. The highest BCUT2D eigenvalue weighted by atomic mass is 32.2. The van der Waals surface area contributed by atoms with E-state index in [1.165, 1.54) is 6.26 Å². The van der Waals surface area contributed by atoms with Crippen LogP contribution in [-0.4, -0.2) is 21.8 Å². The van der Waals surface area contributed by atoms with E-state index in [0.29, 0.717) is 4.90 Å². The smallest absolute Gasteiger partial charge is 0.175 e. The van der Waals surface area contributed by atoms with Gasteiger partial charge in [-0.2, -0.15) is 0 Å². The summed E-state index contributed by atoms with van der Waals surface area (Å²) in [5, 5.41) is 3.36. The molecule has 0 aliphatic carbocycles. The van der Waals surface area contributed by atoms with Gasteiger partial charge in [0, 0.05) is 24.1 Å². The molecule has 1 atom stereocenters. The Morgan fingerprint density at radius 2 is 1.76 bits per heavy atom. The SMILES string of the molecule is COc1cccc(NC(C)c2ccc(S(C)(=O)=O)cc2)c1. The largest absolute Gasteiger partial charge is 0.497 e. The monoisotopic (exact) mass is 305 g/mol. The van der Waals surface area contributed by atoms with E-state index in [9.17, 15) is 8.42 Å². The minimum absolute atomic E-state index is 0.0608. The highest BCUT2D eigenvalue weighted by molar-refractivity contribution is 7.90. The lowest BCUT2D eigenvalue weighted by Crippen LogP contribution is -2.07. The topological polar surface area (TPSA) is 55.4 Å². The van der Waals surface area contributed by atoms with Crippen LogP contribution in [0.15, 0.2) is 53.4 Å². The molecule has 4 nitrogen and oxygen atoms in total. The first-order chi connectivity index (χ1) is 9.90. The van der Waals surface area contributed by atoms with Gasteiger partial charge >= 0.3 is 0 Å². The zero-order chi connectivity index (χ0) is 15.5. The molecule has 2 aromatic rings. The minimum Gasteiger partial charge on any atom is -0.497 e. The lowest BCUT2D eigenvalue weighted by molar-refractivity contribution is 0.415. The average molecular weight is 305 g/mol. The van der Waals surface area contributed by atoms with Crippen molar-refractivity contribution in [3.63, 3.8) is 0 Å². The molecule has 1 N–H and O–H groups in total. The van der Waals surface area contributed by atoms with Crippen molar-refractivity contribution in [1.82, 2.24) is 0 Å². The number of anilines is 1. The second-order valence-corrected chi connectivity index (χ2v) is 6.95. The first-order valence-corrected chi connectivity index (χ1v) is 8.50. The highest BCUT2D eigenvalue weighted by Gasteiger charge is 2.09. The van der Waals surface area contributed by atoms with Crippen molar-refractivity contribution in [2.45, 2.75) is 17.9 Å². The fraction of sp³-hybridized carbons (Fsp3) is 0.250. The van der Waals surface area contributed by atoms with Crippen molar-refractivity contribution in [2.75, 3.05) is 18.7 Å². The Labute approximate surface area is 125 Å². The van der Waals surface area contributed by atoms with Gasteiger partial charge in [0.15, 0.2) is 9.84 Å². The number of hydrogen-bond acceptors (Lipinski definition) is 4. The summed E-state index contributed by atoms with van der Waals surface area (Å²) in [6.07, 6.45) is 1.21. The molecule has 0 fully saturated rings. The van der Waals surface area contributed by atoms with E-state index in [-0.39, 0.29) is 6.04 Å². The molecule has 0 radical (unpaired) electrons. The molecule has 2 rings (SSSR count). The molecule has 21 heavy (non-hydrogen) atoms. The van der Waals surface area contributed by atoms with Crippen molar-refractivity contribution in [1.29, 1.82) is 0 Å². The lowest BCUT2D eigenvalue weighted by Gasteiger charge is -2.16. The van der Waals surface area contributed by atoms with Crippen LogP contribution in [0.2, 0.25) is 0 Å². The molecule has 0 aliphatic rings. The van der Waals surface area contributed by atoms with Crippen molar-refractivity contribution in [3.05, 3.63) is 54.1 Å². The van der Waals surface area contributed by atoms with E-state index in [2.05, 4.69) is 5.32 Å². The molecule has 2 aromatic carbocycles. The van der Waals surface area contributed by atoms with E-state index in [4.69, 9.17) is 4.74 Å². The van der Waals surface area contributed by atoms with Crippen LogP contribution in [0.1, 0.15) is 18.5 Å². The van der Waals surface area contributed by atoms with Crippen molar-refractivity contribution in [2.24, 2.45) is 0 Å². The van der Waals surface area contributed by atoms with Crippen LogP contribution in [0.4, 0.5) is 5.69 Å². The number of nitrogens with one attached hydrogen (secondary N) is 1. The van der Waals surface area contributed by atoms with Gasteiger partial charge in [-0.05, 0) is 36.8 Å². The Balaban J connectivity index is 2.14. The molecule has 0 aromatic heterocycles. The van der Waals surface area contributed by atoms with Crippen LogP contribution >= 0.6 is 0 Å². The number of benzene rings is 2. The maximum Gasteiger partial charge on any atom is 0.175 e. The second-order valence-electron chi connectivity index (χ2n) is 4.94. The van der Waals surface area contributed by atoms with Gasteiger partial charge < -0.3 is 10.1 Å². The van der Waals surface area contributed by atoms with Crippen LogP contribution in [0.5, 0.6) is 5.75 Å². The lowest BCUT2D eigenvalue weighted by atomic mass is 10.1. The Morgan fingerprint density at radius 3 is 2.33 bits per heavy atom. The van der Waals surface area contributed by atoms with Gasteiger partial charge in [0.05, 0.1) is 12.0 Å². The standard InChI is InChI=1S/C16H19NO3S/c1-12(17-14-5-4-6-15(11-14)20-2)13-7-9-16(10-8-13)21(3,18)19/h4-12,17H,1-3H3. The van der Waals surface area contributed by atoms with Crippen LogP contribution in [0.3, 0.4) is 0 Å². The average Bonchev–Trinajstić information content (AvgIpc) is 2.46. The summed E-state index contributed by atoms with van der Waals surface area (Å²) >= 11 is 0.